The molecule has 102 valence electrons. The second kappa shape index (κ2) is 5.46. The van der Waals surface area contributed by atoms with Gasteiger partial charge in [-0.1, -0.05) is 6.42 Å². The molecular weight excluding hydrogens is 308 g/mol. The summed E-state index contributed by atoms with van der Waals surface area (Å²) in [5.41, 5.74) is 0.829. The van der Waals surface area contributed by atoms with E-state index >= 15 is 0 Å². The first-order chi connectivity index (χ1) is 9.26. The van der Waals surface area contributed by atoms with Crippen LogP contribution in [0.15, 0.2) is 22.8 Å². The Kier molecular flexibility index (Phi) is 3.70. The standard InChI is InChI=1S/C13H17BrN4O/c14-11-4-5-12-16-13(17-18(12)7-11)15-6-9-2-1-3-10(9)8-19/h4-5,7,9-10,19H,1-3,6,8H2,(H,15,17). The number of fused-ring (bicyclic) bond motifs is 1. The van der Waals surface area contributed by atoms with Gasteiger partial charge in [0.15, 0.2) is 5.65 Å². The minimum absolute atomic E-state index is 0.290. The van der Waals surface area contributed by atoms with Crippen LogP contribution in [0, 0.1) is 11.8 Å². The number of aliphatic hydroxyl groups is 1. The van der Waals surface area contributed by atoms with Gasteiger partial charge in [-0.3, -0.25) is 0 Å². The maximum Gasteiger partial charge on any atom is 0.243 e. The molecule has 2 unspecified atom stereocenters. The van der Waals surface area contributed by atoms with E-state index in [2.05, 4.69) is 31.3 Å². The van der Waals surface area contributed by atoms with Crippen LogP contribution in [0.1, 0.15) is 19.3 Å². The van der Waals surface area contributed by atoms with Crippen molar-refractivity contribution in [1.82, 2.24) is 14.6 Å². The van der Waals surface area contributed by atoms with Gasteiger partial charge in [-0.05, 0) is 52.7 Å². The molecule has 1 saturated carbocycles. The molecule has 0 amide bonds. The van der Waals surface area contributed by atoms with Crippen molar-refractivity contribution < 1.29 is 5.11 Å². The SMILES string of the molecule is OCC1CCCC1CNc1nc2ccc(Br)cn2n1. The van der Waals surface area contributed by atoms with Crippen LogP contribution in [-0.2, 0) is 0 Å². The molecular formula is C13H17BrN4O. The first-order valence-electron chi connectivity index (χ1n) is 6.63. The summed E-state index contributed by atoms with van der Waals surface area (Å²) in [5, 5.41) is 17.0. The maximum atomic E-state index is 9.31. The van der Waals surface area contributed by atoms with E-state index in [1.807, 2.05) is 18.3 Å². The number of hydrogen-bond donors (Lipinski definition) is 2. The van der Waals surface area contributed by atoms with Gasteiger partial charge in [0.25, 0.3) is 0 Å². The van der Waals surface area contributed by atoms with Crippen LogP contribution in [0.3, 0.4) is 0 Å². The second-order valence-corrected chi connectivity index (χ2v) is 6.02. The number of aromatic nitrogens is 3. The van der Waals surface area contributed by atoms with Gasteiger partial charge in [-0.2, -0.15) is 4.98 Å². The lowest BCUT2D eigenvalue weighted by Crippen LogP contribution is -2.21. The highest BCUT2D eigenvalue weighted by molar-refractivity contribution is 9.10. The predicted molar refractivity (Wildman–Crippen MR) is 77.1 cm³/mol. The number of halogens is 1. The largest absolute Gasteiger partial charge is 0.396 e. The van der Waals surface area contributed by atoms with Crippen molar-refractivity contribution in [3.63, 3.8) is 0 Å². The molecule has 2 N–H and O–H groups in total. The lowest BCUT2D eigenvalue weighted by Gasteiger charge is -2.16. The van der Waals surface area contributed by atoms with E-state index in [-0.39, 0.29) is 6.61 Å². The average Bonchev–Trinajstić information content (AvgIpc) is 3.01. The molecule has 2 atom stereocenters. The summed E-state index contributed by atoms with van der Waals surface area (Å²) in [7, 11) is 0. The normalized spacial score (nSPS) is 23.1. The molecule has 2 heterocycles. The van der Waals surface area contributed by atoms with Crippen molar-refractivity contribution in [2.24, 2.45) is 11.8 Å². The van der Waals surface area contributed by atoms with E-state index < -0.39 is 0 Å². The zero-order valence-corrected chi connectivity index (χ0v) is 12.2. The number of anilines is 1. The minimum atomic E-state index is 0.290. The highest BCUT2D eigenvalue weighted by Crippen LogP contribution is 2.31. The third-order valence-electron chi connectivity index (χ3n) is 3.87. The summed E-state index contributed by atoms with van der Waals surface area (Å²) < 4.78 is 2.73. The van der Waals surface area contributed by atoms with Gasteiger partial charge >= 0.3 is 0 Å². The lowest BCUT2D eigenvalue weighted by atomic mass is 9.97. The topological polar surface area (TPSA) is 62.5 Å². The molecule has 0 spiro atoms. The smallest absolute Gasteiger partial charge is 0.243 e. The fourth-order valence-corrected chi connectivity index (χ4v) is 3.10. The molecule has 3 rings (SSSR count). The first kappa shape index (κ1) is 12.9. The second-order valence-electron chi connectivity index (χ2n) is 5.10. The molecule has 6 heteroatoms. The Labute approximate surface area is 120 Å². The molecule has 5 nitrogen and oxygen atoms in total. The Hall–Kier alpha value is -1.14. The summed E-state index contributed by atoms with van der Waals surface area (Å²) in [6.07, 6.45) is 5.41. The molecule has 1 aliphatic rings. The van der Waals surface area contributed by atoms with E-state index in [1.165, 1.54) is 12.8 Å². The monoisotopic (exact) mass is 324 g/mol. The number of pyridine rings is 1. The fourth-order valence-electron chi connectivity index (χ4n) is 2.78. The summed E-state index contributed by atoms with van der Waals surface area (Å²) >= 11 is 3.41. The van der Waals surface area contributed by atoms with Crippen LogP contribution in [0.5, 0.6) is 0 Å². The zero-order chi connectivity index (χ0) is 13.2. The van der Waals surface area contributed by atoms with Crippen LogP contribution in [-0.4, -0.2) is 32.9 Å². The summed E-state index contributed by atoms with van der Waals surface area (Å²) in [6.45, 7) is 1.13. The molecule has 1 aliphatic carbocycles. The number of aliphatic hydroxyl groups excluding tert-OH is 1. The van der Waals surface area contributed by atoms with E-state index in [9.17, 15) is 5.11 Å². The van der Waals surface area contributed by atoms with E-state index in [0.29, 0.717) is 17.8 Å². The highest BCUT2D eigenvalue weighted by Gasteiger charge is 2.26. The maximum absolute atomic E-state index is 9.31. The van der Waals surface area contributed by atoms with Crippen LogP contribution in [0.25, 0.3) is 5.65 Å². The third kappa shape index (κ3) is 2.74. The molecule has 0 saturated heterocycles. The van der Waals surface area contributed by atoms with Gasteiger partial charge in [0.05, 0.1) is 0 Å². The Morgan fingerprint density at radius 3 is 3.05 bits per heavy atom. The van der Waals surface area contributed by atoms with E-state index in [1.54, 1.807) is 4.52 Å². The zero-order valence-electron chi connectivity index (χ0n) is 10.6. The van der Waals surface area contributed by atoms with Crippen molar-refractivity contribution in [2.75, 3.05) is 18.5 Å². The Morgan fingerprint density at radius 2 is 2.21 bits per heavy atom. The quantitative estimate of drug-likeness (QED) is 0.906. The van der Waals surface area contributed by atoms with E-state index in [4.69, 9.17) is 0 Å². The average molecular weight is 325 g/mol. The third-order valence-corrected chi connectivity index (χ3v) is 4.34. The van der Waals surface area contributed by atoms with Crippen LogP contribution >= 0.6 is 15.9 Å². The van der Waals surface area contributed by atoms with Crippen LogP contribution in [0.2, 0.25) is 0 Å². The van der Waals surface area contributed by atoms with Crippen molar-refractivity contribution in [2.45, 2.75) is 19.3 Å². The van der Waals surface area contributed by atoms with Gasteiger partial charge < -0.3 is 10.4 Å². The molecule has 0 bridgehead atoms. The Morgan fingerprint density at radius 1 is 1.37 bits per heavy atom. The number of nitrogens with one attached hydrogen (secondary N) is 1. The van der Waals surface area contributed by atoms with Gasteiger partial charge in [0, 0.05) is 23.8 Å². The molecule has 2 aromatic rings. The molecule has 1 fully saturated rings. The van der Waals surface area contributed by atoms with Gasteiger partial charge in [0.1, 0.15) is 0 Å². The molecule has 0 aromatic carbocycles. The van der Waals surface area contributed by atoms with Gasteiger partial charge in [0.2, 0.25) is 5.95 Å². The molecule has 0 aliphatic heterocycles. The first-order valence-corrected chi connectivity index (χ1v) is 7.42. The summed E-state index contributed by atoms with van der Waals surface area (Å²) in [4.78, 5) is 4.42. The van der Waals surface area contributed by atoms with Gasteiger partial charge in [-0.25, -0.2) is 4.52 Å². The van der Waals surface area contributed by atoms with Crippen LogP contribution < -0.4 is 5.32 Å². The number of hydrogen-bond acceptors (Lipinski definition) is 4. The number of rotatable bonds is 4. The number of nitrogens with zero attached hydrogens (tertiary/aromatic N) is 3. The fraction of sp³-hybridized carbons (Fsp3) is 0.538. The minimum Gasteiger partial charge on any atom is -0.396 e. The summed E-state index contributed by atoms with van der Waals surface area (Å²) in [6, 6.07) is 3.88. The van der Waals surface area contributed by atoms with Crippen molar-refractivity contribution in [1.29, 1.82) is 0 Å². The predicted octanol–water partition coefficient (Wildman–Crippen LogP) is 2.31. The Bertz CT molecular complexity index is 571. The van der Waals surface area contributed by atoms with Crippen molar-refractivity contribution in [3.8, 4) is 0 Å². The van der Waals surface area contributed by atoms with Crippen molar-refractivity contribution >= 4 is 27.5 Å². The highest BCUT2D eigenvalue weighted by atomic mass is 79.9. The van der Waals surface area contributed by atoms with Crippen LogP contribution in [0.4, 0.5) is 5.95 Å². The molecule has 0 radical (unpaired) electrons. The van der Waals surface area contributed by atoms with E-state index in [0.717, 1.165) is 23.1 Å². The van der Waals surface area contributed by atoms with Crippen molar-refractivity contribution in [3.05, 3.63) is 22.8 Å². The lowest BCUT2D eigenvalue weighted by molar-refractivity contribution is 0.199. The van der Waals surface area contributed by atoms with Gasteiger partial charge in [-0.15, -0.1) is 5.10 Å². The summed E-state index contributed by atoms with van der Waals surface area (Å²) in [5.74, 6) is 1.61. The Balaban J connectivity index is 1.68. The molecule has 19 heavy (non-hydrogen) atoms. The molecule has 2 aromatic heterocycles.